The molecule has 0 fully saturated rings. The van der Waals surface area contributed by atoms with Crippen molar-refractivity contribution >= 4 is 22.9 Å². The van der Waals surface area contributed by atoms with Gasteiger partial charge in [-0.3, -0.25) is 0 Å². The van der Waals surface area contributed by atoms with E-state index in [9.17, 15) is 0 Å². The summed E-state index contributed by atoms with van der Waals surface area (Å²) in [6.07, 6.45) is 1.01. The molecular formula is C12H20ClNS. The van der Waals surface area contributed by atoms with Gasteiger partial charge in [-0.25, -0.2) is 0 Å². The minimum Gasteiger partial charge on any atom is -0.323 e. The maximum atomic E-state index is 6.16. The molecule has 15 heavy (non-hydrogen) atoms. The van der Waals surface area contributed by atoms with Gasteiger partial charge in [-0.15, -0.1) is 11.3 Å². The molecule has 0 saturated carbocycles. The molecule has 2 N–H and O–H groups in total. The van der Waals surface area contributed by atoms with Gasteiger partial charge in [0.15, 0.2) is 0 Å². The first-order valence-corrected chi connectivity index (χ1v) is 6.51. The van der Waals surface area contributed by atoms with Gasteiger partial charge in [-0.2, -0.15) is 0 Å². The number of thiophene rings is 1. The lowest BCUT2D eigenvalue weighted by atomic mass is 9.78. The quantitative estimate of drug-likeness (QED) is 0.835. The predicted octanol–water partition coefficient (Wildman–Crippen LogP) is 4.47. The van der Waals surface area contributed by atoms with Crippen LogP contribution in [0, 0.1) is 11.3 Å². The first-order valence-electron chi connectivity index (χ1n) is 5.31. The molecule has 3 heteroatoms. The predicted molar refractivity (Wildman–Crippen MR) is 69.5 cm³/mol. The number of hydrogen-bond acceptors (Lipinski definition) is 2. The molecule has 86 valence electrons. The zero-order chi connectivity index (χ0) is 11.6. The molecule has 0 spiro atoms. The van der Waals surface area contributed by atoms with Gasteiger partial charge < -0.3 is 5.73 Å². The van der Waals surface area contributed by atoms with Crippen LogP contribution in [0.3, 0.4) is 0 Å². The molecule has 0 radical (unpaired) electrons. The Kier molecular flexibility index (Phi) is 4.21. The molecule has 0 aromatic carbocycles. The van der Waals surface area contributed by atoms with Crippen molar-refractivity contribution < 1.29 is 0 Å². The monoisotopic (exact) mass is 245 g/mol. The van der Waals surface area contributed by atoms with Crippen molar-refractivity contribution in [3.63, 3.8) is 0 Å². The van der Waals surface area contributed by atoms with Crippen molar-refractivity contribution in [2.75, 3.05) is 0 Å². The largest absolute Gasteiger partial charge is 0.323 e. The normalized spacial score (nSPS) is 16.4. The number of halogens is 1. The third kappa shape index (κ3) is 3.78. The molecule has 0 amide bonds. The molecular weight excluding hydrogens is 226 g/mol. The summed E-state index contributed by atoms with van der Waals surface area (Å²) in [7, 11) is 0. The Morgan fingerprint density at radius 2 is 2.00 bits per heavy atom. The average molecular weight is 246 g/mol. The van der Waals surface area contributed by atoms with Crippen molar-refractivity contribution in [1.82, 2.24) is 0 Å². The van der Waals surface area contributed by atoms with Crippen molar-refractivity contribution in [2.45, 2.75) is 40.2 Å². The fraction of sp³-hybridized carbons (Fsp3) is 0.667. The van der Waals surface area contributed by atoms with Crippen LogP contribution in [0.25, 0.3) is 0 Å². The fourth-order valence-electron chi connectivity index (χ4n) is 1.38. The van der Waals surface area contributed by atoms with Gasteiger partial charge in [0.1, 0.15) is 0 Å². The molecule has 1 aromatic heterocycles. The standard InChI is InChI=1S/C12H20ClNS/c1-8(12(2,3)4)7-9(14)10-5-6-11(13)15-10/h5-6,8-9H,7,14H2,1-4H3. The average Bonchev–Trinajstić information content (AvgIpc) is 2.50. The van der Waals surface area contributed by atoms with Crippen molar-refractivity contribution in [2.24, 2.45) is 17.1 Å². The van der Waals surface area contributed by atoms with Gasteiger partial charge in [0.25, 0.3) is 0 Å². The molecule has 0 bridgehead atoms. The second-order valence-corrected chi connectivity index (χ2v) is 7.00. The van der Waals surface area contributed by atoms with E-state index < -0.39 is 0 Å². The highest BCUT2D eigenvalue weighted by atomic mass is 35.5. The number of rotatable bonds is 3. The van der Waals surface area contributed by atoms with Crippen molar-refractivity contribution in [3.8, 4) is 0 Å². The highest BCUT2D eigenvalue weighted by molar-refractivity contribution is 7.16. The highest BCUT2D eigenvalue weighted by Crippen LogP contribution is 2.34. The Hall–Kier alpha value is -0.0500. The maximum absolute atomic E-state index is 6.16. The van der Waals surface area contributed by atoms with E-state index in [-0.39, 0.29) is 6.04 Å². The van der Waals surface area contributed by atoms with Crippen LogP contribution in [0.2, 0.25) is 4.34 Å². The van der Waals surface area contributed by atoms with Gasteiger partial charge >= 0.3 is 0 Å². The van der Waals surface area contributed by atoms with Crippen LogP contribution in [0.4, 0.5) is 0 Å². The van der Waals surface area contributed by atoms with E-state index in [1.54, 1.807) is 11.3 Å². The summed E-state index contributed by atoms with van der Waals surface area (Å²) in [5.74, 6) is 0.605. The highest BCUT2D eigenvalue weighted by Gasteiger charge is 2.23. The second kappa shape index (κ2) is 4.86. The van der Waals surface area contributed by atoms with Gasteiger partial charge in [0.05, 0.1) is 4.34 Å². The topological polar surface area (TPSA) is 26.0 Å². The first-order chi connectivity index (χ1) is 6.80. The van der Waals surface area contributed by atoms with Crippen LogP contribution in [-0.2, 0) is 0 Å². The van der Waals surface area contributed by atoms with Gasteiger partial charge in [0, 0.05) is 10.9 Å². The Labute approximate surface area is 102 Å². The smallest absolute Gasteiger partial charge is 0.0931 e. The molecule has 0 aliphatic carbocycles. The van der Waals surface area contributed by atoms with Gasteiger partial charge in [-0.1, -0.05) is 39.3 Å². The lowest BCUT2D eigenvalue weighted by Gasteiger charge is -2.29. The third-order valence-corrected chi connectivity index (χ3v) is 4.41. The molecule has 1 heterocycles. The summed E-state index contributed by atoms with van der Waals surface area (Å²) in [4.78, 5) is 1.19. The molecule has 0 saturated heterocycles. The fourth-order valence-corrected chi connectivity index (χ4v) is 2.45. The van der Waals surface area contributed by atoms with Crippen LogP contribution in [0.15, 0.2) is 12.1 Å². The van der Waals surface area contributed by atoms with Crippen molar-refractivity contribution in [1.29, 1.82) is 0 Å². The summed E-state index contributed by atoms with van der Waals surface area (Å²) in [5.41, 5.74) is 6.48. The second-order valence-electron chi connectivity index (χ2n) is 5.25. The molecule has 2 atom stereocenters. The first kappa shape index (κ1) is 13.0. The van der Waals surface area contributed by atoms with Crippen LogP contribution < -0.4 is 5.73 Å². The minimum atomic E-state index is 0.122. The van der Waals surface area contributed by atoms with Gasteiger partial charge in [0.2, 0.25) is 0 Å². The molecule has 1 aromatic rings. The molecule has 0 aliphatic heterocycles. The zero-order valence-corrected chi connectivity index (χ0v) is 11.5. The van der Waals surface area contributed by atoms with Crippen LogP contribution >= 0.6 is 22.9 Å². The summed E-state index contributed by atoms with van der Waals surface area (Å²) in [6, 6.07) is 4.08. The number of hydrogen-bond donors (Lipinski definition) is 1. The van der Waals surface area contributed by atoms with E-state index in [2.05, 4.69) is 27.7 Å². The number of nitrogens with two attached hydrogens (primary N) is 1. The van der Waals surface area contributed by atoms with Crippen LogP contribution in [0.1, 0.15) is 45.0 Å². The molecule has 1 nitrogen and oxygen atoms in total. The summed E-state index contributed by atoms with van der Waals surface area (Å²) >= 11 is 7.48. The molecule has 2 unspecified atom stereocenters. The Morgan fingerprint density at radius 3 is 2.40 bits per heavy atom. The van der Waals surface area contributed by atoms with E-state index in [1.165, 1.54) is 4.88 Å². The lowest BCUT2D eigenvalue weighted by molar-refractivity contribution is 0.234. The SMILES string of the molecule is CC(CC(N)c1ccc(Cl)s1)C(C)(C)C. The minimum absolute atomic E-state index is 0.122. The van der Waals surface area contributed by atoms with E-state index >= 15 is 0 Å². The Morgan fingerprint density at radius 1 is 1.40 bits per heavy atom. The molecule has 1 rings (SSSR count). The lowest BCUT2D eigenvalue weighted by Crippen LogP contribution is -2.22. The van der Waals surface area contributed by atoms with Crippen LogP contribution in [0.5, 0.6) is 0 Å². The molecule has 0 aliphatic rings. The Balaban J connectivity index is 2.60. The van der Waals surface area contributed by atoms with E-state index in [0.29, 0.717) is 11.3 Å². The van der Waals surface area contributed by atoms with Crippen LogP contribution in [-0.4, -0.2) is 0 Å². The van der Waals surface area contributed by atoms with E-state index in [1.807, 2.05) is 12.1 Å². The maximum Gasteiger partial charge on any atom is 0.0931 e. The Bertz CT molecular complexity index is 314. The van der Waals surface area contributed by atoms with E-state index in [4.69, 9.17) is 17.3 Å². The summed E-state index contributed by atoms with van der Waals surface area (Å²) in [5, 5.41) is 0. The summed E-state index contributed by atoms with van der Waals surface area (Å²) in [6.45, 7) is 9.03. The van der Waals surface area contributed by atoms with E-state index in [0.717, 1.165) is 10.8 Å². The zero-order valence-electron chi connectivity index (χ0n) is 9.88. The van der Waals surface area contributed by atoms with Gasteiger partial charge in [-0.05, 0) is 29.9 Å². The summed E-state index contributed by atoms with van der Waals surface area (Å²) < 4.78 is 0.823. The third-order valence-electron chi connectivity index (χ3n) is 3.05. The van der Waals surface area contributed by atoms with Crippen molar-refractivity contribution in [3.05, 3.63) is 21.3 Å².